The van der Waals surface area contributed by atoms with Gasteiger partial charge < -0.3 is 24.1 Å². The van der Waals surface area contributed by atoms with E-state index in [1.54, 1.807) is 12.1 Å². The lowest BCUT2D eigenvalue weighted by Gasteiger charge is -2.44. The molecule has 0 spiro atoms. The van der Waals surface area contributed by atoms with Crippen LogP contribution in [0.25, 0.3) is 0 Å². The molecule has 1 aromatic rings. The molecule has 0 saturated heterocycles. The van der Waals surface area contributed by atoms with Gasteiger partial charge in [-0.1, -0.05) is 57.2 Å². The molecular weight excluding hydrogens is 344 g/mol. The van der Waals surface area contributed by atoms with Crippen LogP contribution < -0.4 is 4.74 Å². The van der Waals surface area contributed by atoms with Crippen LogP contribution in [-0.2, 0) is 14.2 Å². The highest BCUT2D eigenvalue weighted by atomic mass is 16.9. The van der Waals surface area contributed by atoms with Crippen LogP contribution >= 0.6 is 0 Å². The van der Waals surface area contributed by atoms with Gasteiger partial charge in [0.2, 0.25) is 0 Å². The molecule has 27 heavy (non-hydrogen) atoms. The third kappa shape index (κ3) is 7.41. The molecule has 0 fully saturated rings. The summed E-state index contributed by atoms with van der Waals surface area (Å²) in [5, 5.41) is 11.6. The Bertz CT molecular complexity index is 462. The van der Waals surface area contributed by atoms with E-state index in [1.807, 2.05) is 39.0 Å². The SMILES string of the molecule is CCCCCCCCC(O)(Oc1ccccc1)C(OCC)(OCC)OCC. The highest BCUT2D eigenvalue weighted by Gasteiger charge is 2.57. The molecule has 5 heteroatoms. The van der Waals surface area contributed by atoms with Gasteiger partial charge >= 0.3 is 5.97 Å². The third-order valence-electron chi connectivity index (χ3n) is 4.38. The molecule has 1 N–H and O–H groups in total. The molecule has 1 atom stereocenters. The smallest absolute Gasteiger partial charge is 0.352 e. The number of benzene rings is 1. The van der Waals surface area contributed by atoms with Gasteiger partial charge in [-0.25, -0.2) is 0 Å². The summed E-state index contributed by atoms with van der Waals surface area (Å²) >= 11 is 0. The van der Waals surface area contributed by atoms with Crippen molar-refractivity contribution in [2.24, 2.45) is 0 Å². The number of hydrogen-bond acceptors (Lipinski definition) is 5. The molecule has 1 unspecified atom stereocenters. The molecule has 0 bridgehead atoms. The lowest BCUT2D eigenvalue weighted by molar-refractivity contribution is -0.476. The molecular formula is C22H38O5. The van der Waals surface area contributed by atoms with E-state index in [0.717, 1.165) is 19.3 Å². The maximum absolute atomic E-state index is 11.6. The number of hydrogen-bond donors (Lipinski definition) is 1. The summed E-state index contributed by atoms with van der Waals surface area (Å²) in [5.74, 6) is -2.86. The van der Waals surface area contributed by atoms with Crippen LogP contribution in [0.15, 0.2) is 30.3 Å². The fourth-order valence-electron chi connectivity index (χ4n) is 3.13. The largest absolute Gasteiger partial charge is 0.454 e. The number of para-hydroxylation sites is 1. The van der Waals surface area contributed by atoms with Crippen molar-refractivity contribution in [3.8, 4) is 5.75 Å². The first-order chi connectivity index (χ1) is 13.1. The molecule has 1 rings (SSSR count). The number of aliphatic hydroxyl groups is 1. The summed E-state index contributed by atoms with van der Waals surface area (Å²) in [7, 11) is 0. The van der Waals surface area contributed by atoms with Crippen LogP contribution in [0.5, 0.6) is 5.75 Å². The Hall–Kier alpha value is -1.14. The summed E-state index contributed by atoms with van der Waals surface area (Å²) in [5.41, 5.74) is 0. The summed E-state index contributed by atoms with van der Waals surface area (Å²) in [6.07, 6.45) is 6.97. The summed E-state index contributed by atoms with van der Waals surface area (Å²) < 4.78 is 23.5. The Morgan fingerprint density at radius 1 is 0.741 bits per heavy atom. The van der Waals surface area contributed by atoms with Gasteiger partial charge in [0, 0.05) is 26.2 Å². The van der Waals surface area contributed by atoms with E-state index in [2.05, 4.69) is 6.92 Å². The van der Waals surface area contributed by atoms with Crippen molar-refractivity contribution in [3.05, 3.63) is 30.3 Å². The third-order valence-corrected chi connectivity index (χ3v) is 4.38. The zero-order valence-corrected chi connectivity index (χ0v) is 17.5. The summed E-state index contributed by atoms with van der Waals surface area (Å²) in [6.45, 7) is 8.74. The van der Waals surface area contributed by atoms with Crippen LogP contribution in [0.1, 0.15) is 72.6 Å². The number of ether oxygens (including phenoxy) is 4. The topological polar surface area (TPSA) is 57.2 Å². The number of rotatable bonds is 16. The predicted octanol–water partition coefficient (Wildman–Crippen LogP) is 5.27. The van der Waals surface area contributed by atoms with E-state index in [-0.39, 0.29) is 0 Å². The zero-order chi connectivity index (χ0) is 20.0. The second kappa shape index (κ2) is 13.1. The average molecular weight is 383 g/mol. The van der Waals surface area contributed by atoms with Crippen molar-refractivity contribution in [2.45, 2.75) is 84.4 Å². The summed E-state index contributed by atoms with van der Waals surface area (Å²) in [4.78, 5) is 0. The van der Waals surface area contributed by atoms with Crippen molar-refractivity contribution in [3.63, 3.8) is 0 Å². The minimum Gasteiger partial charge on any atom is -0.454 e. The second-order valence-corrected chi connectivity index (χ2v) is 6.57. The van der Waals surface area contributed by atoms with Gasteiger partial charge in [0.15, 0.2) is 0 Å². The summed E-state index contributed by atoms with van der Waals surface area (Å²) in [6, 6.07) is 9.25. The Morgan fingerprint density at radius 2 is 1.26 bits per heavy atom. The van der Waals surface area contributed by atoms with E-state index >= 15 is 0 Å². The van der Waals surface area contributed by atoms with E-state index in [4.69, 9.17) is 18.9 Å². The maximum Gasteiger partial charge on any atom is 0.352 e. The molecule has 0 aliphatic carbocycles. The molecule has 5 nitrogen and oxygen atoms in total. The first kappa shape index (κ1) is 23.9. The number of unbranched alkanes of at least 4 members (excludes halogenated alkanes) is 5. The van der Waals surface area contributed by atoms with Crippen LogP contribution in [0.2, 0.25) is 0 Å². The van der Waals surface area contributed by atoms with Crippen LogP contribution in [-0.4, -0.2) is 36.7 Å². The van der Waals surface area contributed by atoms with E-state index in [1.165, 1.54) is 19.3 Å². The molecule has 0 saturated carbocycles. The Morgan fingerprint density at radius 3 is 1.78 bits per heavy atom. The molecule has 0 aliphatic rings. The lowest BCUT2D eigenvalue weighted by atomic mass is 10.0. The molecule has 156 valence electrons. The van der Waals surface area contributed by atoms with Crippen molar-refractivity contribution in [1.82, 2.24) is 0 Å². The fraction of sp³-hybridized carbons (Fsp3) is 0.727. The molecule has 1 aromatic carbocycles. The van der Waals surface area contributed by atoms with Crippen molar-refractivity contribution < 1.29 is 24.1 Å². The van der Waals surface area contributed by atoms with Crippen LogP contribution in [0.3, 0.4) is 0 Å². The van der Waals surface area contributed by atoms with E-state index in [0.29, 0.717) is 32.0 Å². The van der Waals surface area contributed by atoms with Gasteiger partial charge in [0.25, 0.3) is 5.79 Å². The highest BCUT2D eigenvalue weighted by Crippen LogP contribution is 2.36. The molecule has 0 radical (unpaired) electrons. The average Bonchev–Trinajstić information content (AvgIpc) is 2.66. The molecule has 0 heterocycles. The van der Waals surface area contributed by atoms with Crippen molar-refractivity contribution in [2.75, 3.05) is 19.8 Å². The van der Waals surface area contributed by atoms with Crippen molar-refractivity contribution in [1.29, 1.82) is 0 Å². The molecule has 0 aromatic heterocycles. The van der Waals surface area contributed by atoms with E-state index < -0.39 is 11.8 Å². The molecule has 0 amide bonds. The van der Waals surface area contributed by atoms with Crippen LogP contribution in [0.4, 0.5) is 0 Å². The first-order valence-electron chi connectivity index (χ1n) is 10.5. The Labute approximate surface area is 165 Å². The highest BCUT2D eigenvalue weighted by molar-refractivity contribution is 5.22. The maximum atomic E-state index is 11.6. The van der Waals surface area contributed by atoms with Gasteiger partial charge in [-0.2, -0.15) is 0 Å². The minimum absolute atomic E-state index is 0.330. The standard InChI is InChI=1S/C22H38O5/c1-5-9-10-11-12-16-19-21(23,27-20-17-14-13-15-18-20)22(24-6-2,25-7-3)26-8-4/h13-15,17-18,23H,5-12,16,19H2,1-4H3. The molecule has 0 aliphatic heterocycles. The fourth-order valence-corrected chi connectivity index (χ4v) is 3.13. The zero-order valence-electron chi connectivity index (χ0n) is 17.5. The lowest BCUT2D eigenvalue weighted by Crippen LogP contribution is -2.63. The monoisotopic (exact) mass is 382 g/mol. The van der Waals surface area contributed by atoms with Gasteiger partial charge in [-0.3, -0.25) is 0 Å². The van der Waals surface area contributed by atoms with Gasteiger partial charge in [-0.05, 0) is 39.3 Å². The first-order valence-corrected chi connectivity index (χ1v) is 10.5. The van der Waals surface area contributed by atoms with Crippen LogP contribution in [0, 0.1) is 0 Å². The van der Waals surface area contributed by atoms with Crippen molar-refractivity contribution >= 4 is 0 Å². The quantitative estimate of drug-likeness (QED) is 0.312. The Kier molecular flexibility index (Phi) is 11.6. The van der Waals surface area contributed by atoms with Gasteiger partial charge in [0.1, 0.15) is 5.75 Å². The predicted molar refractivity (Wildman–Crippen MR) is 108 cm³/mol. The van der Waals surface area contributed by atoms with Gasteiger partial charge in [-0.15, -0.1) is 0 Å². The van der Waals surface area contributed by atoms with Gasteiger partial charge in [0.05, 0.1) is 0 Å². The van der Waals surface area contributed by atoms with E-state index in [9.17, 15) is 5.11 Å². The minimum atomic E-state index is -1.75. The second-order valence-electron chi connectivity index (χ2n) is 6.57. The normalized spacial score (nSPS) is 14.1. The Balaban J connectivity index is 3.00.